The van der Waals surface area contributed by atoms with E-state index < -0.39 is 10.0 Å². The van der Waals surface area contributed by atoms with E-state index in [1.165, 1.54) is 0 Å². The maximum atomic E-state index is 13.1. The molecule has 0 unspecified atom stereocenters. The number of hydrogen-bond acceptors (Lipinski definition) is 5. The van der Waals surface area contributed by atoms with Gasteiger partial charge >= 0.3 is 0 Å². The molecular formula is C22H24N4O2S. The largest absolute Gasteiger partial charge is 0.325 e. The molecule has 4 rings (SSSR count). The first-order valence-electron chi connectivity index (χ1n) is 9.72. The molecule has 29 heavy (non-hydrogen) atoms. The van der Waals surface area contributed by atoms with Gasteiger partial charge in [-0.05, 0) is 49.6 Å². The van der Waals surface area contributed by atoms with Crippen LogP contribution in [0.4, 0.5) is 11.6 Å². The Morgan fingerprint density at radius 1 is 0.966 bits per heavy atom. The second-order valence-corrected chi connectivity index (χ2v) is 9.17. The summed E-state index contributed by atoms with van der Waals surface area (Å²) in [4.78, 5) is 9.13. The average Bonchev–Trinajstić information content (AvgIpc) is 3.20. The summed E-state index contributed by atoms with van der Waals surface area (Å²) in [7, 11) is -3.43. The van der Waals surface area contributed by atoms with Crippen LogP contribution >= 0.6 is 0 Å². The van der Waals surface area contributed by atoms with Crippen molar-refractivity contribution in [3.05, 3.63) is 83.7 Å². The van der Waals surface area contributed by atoms with Gasteiger partial charge < -0.3 is 5.32 Å². The van der Waals surface area contributed by atoms with Crippen molar-refractivity contribution in [2.24, 2.45) is 0 Å². The molecule has 0 saturated carbocycles. The molecule has 1 aliphatic heterocycles. The van der Waals surface area contributed by atoms with E-state index in [2.05, 4.69) is 10.3 Å². The predicted octanol–water partition coefficient (Wildman–Crippen LogP) is 4.20. The molecule has 1 aliphatic rings. The smallest absolute Gasteiger partial charge is 0.218 e. The molecule has 2 aromatic heterocycles. The van der Waals surface area contributed by atoms with E-state index in [9.17, 15) is 8.42 Å². The van der Waals surface area contributed by atoms with Gasteiger partial charge in [0.2, 0.25) is 10.0 Å². The van der Waals surface area contributed by atoms with Gasteiger partial charge in [-0.3, -0.25) is 0 Å². The SMILES string of the molecule is Cc1cccc(Nc2cccc([C@@H]3CCCN3S(=O)(=O)Cc3ccccc3)n2)n1. The first-order chi connectivity index (χ1) is 14.0. The zero-order valence-corrected chi connectivity index (χ0v) is 17.1. The fourth-order valence-corrected chi connectivity index (χ4v) is 5.47. The van der Waals surface area contributed by atoms with E-state index in [0.29, 0.717) is 12.4 Å². The summed E-state index contributed by atoms with van der Waals surface area (Å²) in [5, 5.41) is 3.21. The lowest BCUT2D eigenvalue weighted by Crippen LogP contribution is -2.32. The zero-order chi connectivity index (χ0) is 20.3. The van der Waals surface area contributed by atoms with Crippen LogP contribution in [0.1, 0.15) is 35.8 Å². The summed E-state index contributed by atoms with van der Waals surface area (Å²) < 4.78 is 27.8. The Hall–Kier alpha value is -2.77. The zero-order valence-electron chi connectivity index (χ0n) is 16.3. The molecule has 1 atom stereocenters. The third kappa shape index (κ3) is 4.63. The van der Waals surface area contributed by atoms with Gasteiger partial charge in [-0.25, -0.2) is 18.4 Å². The molecule has 0 amide bonds. The van der Waals surface area contributed by atoms with Gasteiger partial charge in [0.05, 0.1) is 17.5 Å². The van der Waals surface area contributed by atoms with Crippen molar-refractivity contribution < 1.29 is 8.42 Å². The van der Waals surface area contributed by atoms with Gasteiger partial charge in [0.25, 0.3) is 0 Å². The number of nitrogens with one attached hydrogen (secondary N) is 1. The lowest BCUT2D eigenvalue weighted by molar-refractivity contribution is 0.390. The van der Waals surface area contributed by atoms with Crippen LogP contribution in [-0.4, -0.2) is 29.2 Å². The highest BCUT2D eigenvalue weighted by atomic mass is 32.2. The second-order valence-electron chi connectivity index (χ2n) is 7.25. The van der Waals surface area contributed by atoms with Gasteiger partial charge in [-0.15, -0.1) is 0 Å². The quantitative estimate of drug-likeness (QED) is 0.662. The van der Waals surface area contributed by atoms with Crippen molar-refractivity contribution >= 4 is 21.7 Å². The number of benzene rings is 1. The Bertz CT molecular complexity index is 1090. The van der Waals surface area contributed by atoms with E-state index in [0.717, 1.165) is 35.6 Å². The third-order valence-electron chi connectivity index (χ3n) is 5.01. The van der Waals surface area contributed by atoms with Crippen LogP contribution in [0.15, 0.2) is 66.7 Å². The fraction of sp³-hybridized carbons (Fsp3) is 0.273. The van der Waals surface area contributed by atoms with Crippen molar-refractivity contribution in [2.75, 3.05) is 11.9 Å². The molecule has 6 nitrogen and oxygen atoms in total. The maximum absolute atomic E-state index is 13.1. The molecule has 0 aliphatic carbocycles. The second kappa shape index (κ2) is 8.31. The molecule has 3 heterocycles. The highest BCUT2D eigenvalue weighted by Crippen LogP contribution is 2.35. The van der Waals surface area contributed by atoms with E-state index >= 15 is 0 Å². The molecule has 0 spiro atoms. The first-order valence-corrected chi connectivity index (χ1v) is 11.3. The van der Waals surface area contributed by atoms with Crippen molar-refractivity contribution in [2.45, 2.75) is 31.6 Å². The lowest BCUT2D eigenvalue weighted by Gasteiger charge is -2.24. The van der Waals surface area contributed by atoms with Crippen LogP contribution in [0.5, 0.6) is 0 Å². The van der Waals surface area contributed by atoms with Gasteiger partial charge in [-0.1, -0.05) is 42.5 Å². The molecule has 0 bridgehead atoms. The summed E-state index contributed by atoms with van der Waals surface area (Å²) >= 11 is 0. The molecule has 1 aromatic carbocycles. The van der Waals surface area contributed by atoms with Gasteiger partial charge in [0.1, 0.15) is 11.6 Å². The van der Waals surface area contributed by atoms with Crippen LogP contribution < -0.4 is 5.32 Å². The number of rotatable bonds is 6. The normalized spacial score (nSPS) is 17.3. The van der Waals surface area contributed by atoms with Crippen molar-refractivity contribution in [1.82, 2.24) is 14.3 Å². The maximum Gasteiger partial charge on any atom is 0.218 e. The summed E-state index contributed by atoms with van der Waals surface area (Å²) in [6.07, 6.45) is 1.60. The van der Waals surface area contributed by atoms with Crippen LogP contribution in [0.25, 0.3) is 0 Å². The fourth-order valence-electron chi connectivity index (χ4n) is 3.69. The van der Waals surface area contributed by atoms with E-state index in [1.54, 1.807) is 4.31 Å². The predicted molar refractivity (Wildman–Crippen MR) is 114 cm³/mol. The van der Waals surface area contributed by atoms with E-state index in [4.69, 9.17) is 4.98 Å². The van der Waals surface area contributed by atoms with Gasteiger partial charge in [-0.2, -0.15) is 4.31 Å². The Balaban J connectivity index is 1.55. The van der Waals surface area contributed by atoms with Gasteiger partial charge in [0, 0.05) is 12.2 Å². The van der Waals surface area contributed by atoms with Crippen LogP contribution in [-0.2, 0) is 15.8 Å². The molecule has 1 fully saturated rings. The summed E-state index contributed by atoms with van der Waals surface area (Å²) in [5.41, 5.74) is 2.48. The Labute approximate surface area is 171 Å². The molecule has 150 valence electrons. The Kier molecular flexibility index (Phi) is 5.60. The number of aryl methyl sites for hydroxylation is 1. The molecule has 3 aromatic rings. The number of aromatic nitrogens is 2. The first kappa shape index (κ1) is 19.5. The van der Waals surface area contributed by atoms with E-state index in [1.807, 2.05) is 73.7 Å². The number of hydrogen-bond donors (Lipinski definition) is 1. The number of nitrogens with zero attached hydrogens (tertiary/aromatic N) is 3. The minimum Gasteiger partial charge on any atom is -0.325 e. The number of sulfonamides is 1. The monoisotopic (exact) mass is 408 g/mol. The highest BCUT2D eigenvalue weighted by molar-refractivity contribution is 7.88. The minimum atomic E-state index is -3.43. The third-order valence-corrected chi connectivity index (χ3v) is 6.86. The highest BCUT2D eigenvalue weighted by Gasteiger charge is 2.36. The number of anilines is 2. The summed E-state index contributed by atoms with van der Waals surface area (Å²) in [5.74, 6) is 1.39. The van der Waals surface area contributed by atoms with Crippen LogP contribution in [0.3, 0.4) is 0 Å². The summed E-state index contributed by atoms with van der Waals surface area (Å²) in [6, 6.07) is 20.5. The van der Waals surface area contributed by atoms with Crippen molar-refractivity contribution in [1.29, 1.82) is 0 Å². The average molecular weight is 409 g/mol. The molecule has 7 heteroatoms. The Morgan fingerprint density at radius 3 is 2.45 bits per heavy atom. The standard InChI is InChI=1S/C22H24N4O2S/c1-17-8-5-13-21(23-17)25-22-14-6-11-19(24-22)20-12-7-15-26(20)29(27,28)16-18-9-3-2-4-10-18/h2-6,8-11,13-14,20H,7,12,15-16H2,1H3,(H,23,24,25)/t20-/m0/s1. The number of pyridine rings is 2. The van der Waals surface area contributed by atoms with Crippen molar-refractivity contribution in [3.8, 4) is 0 Å². The van der Waals surface area contributed by atoms with Crippen molar-refractivity contribution in [3.63, 3.8) is 0 Å². The van der Waals surface area contributed by atoms with Crippen LogP contribution in [0.2, 0.25) is 0 Å². The topological polar surface area (TPSA) is 75.2 Å². The molecule has 0 radical (unpaired) electrons. The molecular weight excluding hydrogens is 384 g/mol. The Morgan fingerprint density at radius 2 is 1.69 bits per heavy atom. The lowest BCUT2D eigenvalue weighted by atomic mass is 10.1. The van der Waals surface area contributed by atoms with Crippen LogP contribution in [0, 0.1) is 6.92 Å². The molecule has 1 N–H and O–H groups in total. The van der Waals surface area contributed by atoms with Gasteiger partial charge in [0.15, 0.2) is 0 Å². The van der Waals surface area contributed by atoms with E-state index in [-0.39, 0.29) is 11.8 Å². The molecule has 1 saturated heterocycles. The minimum absolute atomic E-state index is 0.00942. The summed E-state index contributed by atoms with van der Waals surface area (Å²) in [6.45, 7) is 2.46.